The summed E-state index contributed by atoms with van der Waals surface area (Å²) in [7, 11) is 2.13. The zero-order valence-corrected chi connectivity index (χ0v) is 17.1. The van der Waals surface area contributed by atoms with E-state index in [-0.39, 0.29) is 18.4 Å². The maximum absolute atomic E-state index is 13.0. The molecule has 1 N–H and O–H groups in total. The van der Waals surface area contributed by atoms with E-state index < -0.39 is 0 Å². The molecule has 2 aromatic rings. The Hall–Kier alpha value is -2.90. The van der Waals surface area contributed by atoms with Crippen LogP contribution in [0.3, 0.4) is 0 Å². The van der Waals surface area contributed by atoms with Crippen LogP contribution in [0.25, 0.3) is 0 Å². The van der Waals surface area contributed by atoms with E-state index in [1.807, 2.05) is 59.5 Å². The Balaban J connectivity index is 0.000000806. The summed E-state index contributed by atoms with van der Waals surface area (Å²) in [5, 5.41) is 6.89. The predicted molar refractivity (Wildman–Crippen MR) is 113 cm³/mol. The fraction of sp³-hybridized carbons (Fsp3) is 0.391. The molecule has 2 atom stereocenters. The van der Waals surface area contributed by atoms with Gasteiger partial charge in [-0.15, -0.1) is 0 Å². The van der Waals surface area contributed by atoms with Crippen molar-refractivity contribution in [2.75, 3.05) is 39.9 Å². The van der Waals surface area contributed by atoms with Crippen molar-refractivity contribution in [1.29, 1.82) is 0 Å². The molecule has 0 aliphatic carbocycles. The van der Waals surface area contributed by atoms with E-state index >= 15 is 0 Å². The molecular formula is C23H28N2O5. The fourth-order valence-corrected chi connectivity index (χ4v) is 3.83. The lowest BCUT2D eigenvalue weighted by atomic mass is 10.1. The minimum Gasteiger partial charge on any atom is -0.489 e. The highest BCUT2D eigenvalue weighted by Gasteiger charge is 2.33. The summed E-state index contributed by atoms with van der Waals surface area (Å²) in [6, 6.07) is 17.8. The summed E-state index contributed by atoms with van der Waals surface area (Å²) in [5.74, 6) is 1.34. The first-order valence-corrected chi connectivity index (χ1v) is 10.0. The van der Waals surface area contributed by atoms with Crippen molar-refractivity contribution < 1.29 is 24.2 Å². The molecule has 0 unspecified atom stereocenters. The van der Waals surface area contributed by atoms with Crippen LogP contribution in [-0.4, -0.2) is 73.2 Å². The molecule has 2 aromatic carbocycles. The van der Waals surface area contributed by atoms with Crippen LogP contribution < -0.4 is 4.74 Å². The minimum absolute atomic E-state index is 0.109. The van der Waals surface area contributed by atoms with Crippen LogP contribution >= 0.6 is 0 Å². The van der Waals surface area contributed by atoms with Gasteiger partial charge in [0.25, 0.3) is 12.4 Å². The fourth-order valence-electron chi connectivity index (χ4n) is 3.83. The van der Waals surface area contributed by atoms with E-state index in [0.29, 0.717) is 19.1 Å². The van der Waals surface area contributed by atoms with Gasteiger partial charge in [0.15, 0.2) is 0 Å². The Bertz CT molecular complexity index is 812. The van der Waals surface area contributed by atoms with Crippen molar-refractivity contribution in [3.63, 3.8) is 0 Å². The molecule has 7 nitrogen and oxygen atoms in total. The van der Waals surface area contributed by atoms with Gasteiger partial charge >= 0.3 is 0 Å². The third-order valence-electron chi connectivity index (χ3n) is 5.38. The average Bonchev–Trinajstić information content (AvgIpc) is 3.02. The third kappa shape index (κ3) is 5.81. The van der Waals surface area contributed by atoms with Crippen LogP contribution in [0.4, 0.5) is 0 Å². The van der Waals surface area contributed by atoms with Crippen LogP contribution in [0.5, 0.6) is 5.75 Å². The minimum atomic E-state index is -0.250. The van der Waals surface area contributed by atoms with E-state index in [1.54, 1.807) is 0 Å². The number of nitrogens with zero attached hydrogens (tertiary/aromatic N) is 2. The number of carbonyl (C=O) groups excluding carboxylic acids is 1. The molecule has 30 heavy (non-hydrogen) atoms. The first kappa shape index (κ1) is 21.8. The standard InChI is InChI=1S/C22H26N2O3.CH2O2/c1-23-11-18-12-24(13-20(23)16-26-14-18)22(25)19-9-7-17(8-10-19)15-27-21-5-3-2-4-6-21;2-1-3/h2-10,18,20H,11-16H2,1H3;1H,(H,2,3)/t18-,20+;/m1./s1. The molecule has 0 spiro atoms. The quantitative estimate of drug-likeness (QED) is 0.777. The number of ether oxygens (including phenoxy) is 2. The molecule has 2 bridgehead atoms. The number of hydrogen-bond donors (Lipinski definition) is 1. The molecule has 2 aliphatic heterocycles. The number of rotatable bonds is 4. The second-order valence-electron chi connectivity index (χ2n) is 7.61. The lowest BCUT2D eigenvalue weighted by Gasteiger charge is -2.29. The van der Waals surface area contributed by atoms with Gasteiger partial charge in [-0.3, -0.25) is 14.5 Å². The molecule has 2 saturated heterocycles. The zero-order valence-electron chi connectivity index (χ0n) is 17.1. The number of amides is 1. The first-order chi connectivity index (χ1) is 14.6. The van der Waals surface area contributed by atoms with Gasteiger partial charge in [0.1, 0.15) is 12.4 Å². The largest absolute Gasteiger partial charge is 0.489 e. The van der Waals surface area contributed by atoms with E-state index in [0.717, 1.165) is 43.1 Å². The molecule has 4 rings (SSSR count). The molecular weight excluding hydrogens is 384 g/mol. The summed E-state index contributed by atoms with van der Waals surface area (Å²) in [6.07, 6.45) is 0. The van der Waals surface area contributed by atoms with Crippen molar-refractivity contribution in [3.8, 4) is 5.75 Å². The van der Waals surface area contributed by atoms with Crippen molar-refractivity contribution in [3.05, 3.63) is 65.7 Å². The van der Waals surface area contributed by atoms with E-state index in [9.17, 15) is 4.79 Å². The summed E-state index contributed by atoms with van der Waals surface area (Å²) in [4.78, 5) is 25.7. The molecule has 0 radical (unpaired) electrons. The summed E-state index contributed by atoms with van der Waals surface area (Å²) in [5.41, 5.74) is 1.79. The maximum Gasteiger partial charge on any atom is 0.290 e. The molecule has 1 amide bonds. The highest BCUT2D eigenvalue weighted by atomic mass is 16.5. The Morgan fingerprint density at radius 1 is 1.10 bits per heavy atom. The molecule has 0 saturated carbocycles. The predicted octanol–water partition coefficient (Wildman–Crippen LogP) is 2.37. The summed E-state index contributed by atoms with van der Waals surface area (Å²) in [6.45, 7) is 4.16. The number of benzene rings is 2. The number of fused-ring (bicyclic) bond motifs is 3. The maximum atomic E-state index is 13.0. The van der Waals surface area contributed by atoms with Crippen molar-refractivity contribution in [2.24, 2.45) is 5.92 Å². The lowest BCUT2D eigenvalue weighted by Crippen LogP contribution is -2.44. The number of likely N-dealkylation sites (N-methyl/N-ethyl adjacent to an activating group) is 1. The molecule has 160 valence electrons. The Morgan fingerprint density at radius 3 is 2.50 bits per heavy atom. The smallest absolute Gasteiger partial charge is 0.290 e. The van der Waals surface area contributed by atoms with Gasteiger partial charge in [-0.2, -0.15) is 0 Å². The van der Waals surface area contributed by atoms with Crippen molar-refractivity contribution >= 4 is 12.4 Å². The van der Waals surface area contributed by atoms with Gasteiger partial charge in [-0.25, -0.2) is 0 Å². The Kier molecular flexibility index (Phi) is 7.82. The first-order valence-electron chi connectivity index (χ1n) is 10.0. The Morgan fingerprint density at radius 2 is 1.80 bits per heavy atom. The highest BCUT2D eigenvalue weighted by molar-refractivity contribution is 5.94. The van der Waals surface area contributed by atoms with Crippen LogP contribution in [-0.2, 0) is 16.1 Å². The van der Waals surface area contributed by atoms with E-state index in [2.05, 4.69) is 11.9 Å². The number of carboxylic acid groups (broad SMARTS) is 1. The molecule has 7 heteroatoms. The second-order valence-corrected chi connectivity index (χ2v) is 7.61. The van der Waals surface area contributed by atoms with Gasteiger partial charge in [-0.1, -0.05) is 30.3 Å². The summed E-state index contributed by atoms with van der Waals surface area (Å²) < 4.78 is 11.5. The van der Waals surface area contributed by atoms with Crippen molar-refractivity contribution in [2.45, 2.75) is 12.6 Å². The number of hydrogen-bond acceptors (Lipinski definition) is 5. The average molecular weight is 412 g/mol. The topological polar surface area (TPSA) is 79.3 Å². The van der Waals surface area contributed by atoms with E-state index in [1.165, 1.54) is 0 Å². The van der Waals surface area contributed by atoms with Crippen molar-refractivity contribution in [1.82, 2.24) is 9.80 Å². The number of carbonyl (C=O) groups is 2. The van der Waals surface area contributed by atoms with Gasteiger partial charge < -0.3 is 19.5 Å². The van der Waals surface area contributed by atoms with Crippen LogP contribution in [0, 0.1) is 5.92 Å². The third-order valence-corrected chi connectivity index (χ3v) is 5.38. The van der Waals surface area contributed by atoms with Gasteiger partial charge in [0.05, 0.1) is 19.3 Å². The van der Waals surface area contributed by atoms with E-state index in [4.69, 9.17) is 19.4 Å². The molecule has 0 aromatic heterocycles. The highest BCUT2D eigenvalue weighted by Crippen LogP contribution is 2.20. The van der Waals surface area contributed by atoms with Gasteiger partial charge in [0.2, 0.25) is 0 Å². The second kappa shape index (κ2) is 10.8. The molecule has 2 aliphatic rings. The lowest BCUT2D eigenvalue weighted by molar-refractivity contribution is -0.122. The molecule has 2 fully saturated rings. The van der Waals surface area contributed by atoms with Crippen LogP contribution in [0.1, 0.15) is 15.9 Å². The van der Waals surface area contributed by atoms with Gasteiger partial charge in [0, 0.05) is 31.1 Å². The zero-order chi connectivity index (χ0) is 21.3. The SMILES string of the molecule is CN1C[C@H]2COC[C@@H]1CN(C(=O)c1ccc(COc3ccccc3)cc1)C2.O=CO. The Labute approximate surface area is 176 Å². The van der Waals surface area contributed by atoms with Gasteiger partial charge in [-0.05, 0) is 36.9 Å². The normalized spacial score (nSPS) is 21.0. The van der Waals surface area contributed by atoms with Crippen LogP contribution in [0.2, 0.25) is 0 Å². The van der Waals surface area contributed by atoms with Crippen LogP contribution in [0.15, 0.2) is 54.6 Å². The summed E-state index contributed by atoms with van der Waals surface area (Å²) >= 11 is 0. The monoisotopic (exact) mass is 412 g/mol. The molecule has 2 heterocycles. The number of para-hydroxylation sites is 1.